The summed E-state index contributed by atoms with van der Waals surface area (Å²) in [6.07, 6.45) is 1.90. The van der Waals surface area contributed by atoms with Gasteiger partial charge in [0.15, 0.2) is 10.3 Å². The first-order valence-electron chi connectivity index (χ1n) is 10.8. The van der Waals surface area contributed by atoms with Gasteiger partial charge in [-0.05, 0) is 49.0 Å². The molecule has 1 aliphatic heterocycles. The smallest absolute Gasteiger partial charge is 0.234 e. The second kappa shape index (κ2) is 10.4. The van der Waals surface area contributed by atoms with Crippen LogP contribution in [0.5, 0.6) is 0 Å². The Hall–Kier alpha value is -2.76. The highest BCUT2D eigenvalue weighted by molar-refractivity contribution is 7.99. The largest absolute Gasteiger partial charge is 0.338 e. The van der Waals surface area contributed by atoms with Crippen molar-refractivity contribution >= 4 is 51.7 Å². The molecular weight excluding hydrogens is 456 g/mol. The Morgan fingerprint density at radius 3 is 2.45 bits per heavy atom. The molecule has 0 saturated carbocycles. The maximum absolute atomic E-state index is 11.3. The monoisotopic (exact) mass is 484 g/mol. The maximum Gasteiger partial charge on any atom is 0.234 e. The normalized spacial score (nSPS) is 14.5. The van der Waals surface area contributed by atoms with E-state index < -0.39 is 0 Å². The van der Waals surface area contributed by atoms with E-state index in [9.17, 15) is 4.79 Å². The Kier molecular flexibility index (Phi) is 7.41. The molecular formula is C22H28N8OS2. The van der Waals surface area contributed by atoms with Crippen LogP contribution in [0.3, 0.4) is 0 Å². The number of carbonyl (C=O) groups is 1. The number of thiazole rings is 1. The standard InChI is InChI=1S/C22H28N8OS2/c1-14(2)18-13-23-21(33-18)26-19-25-20(30-11-9-29(4)10-12-30)28-22(27-19)32-17-7-5-16(6-8-17)24-15(3)31/h5-8,13-14H,9-12H2,1-4H3,(H,24,31)(H,23,25,26,27,28). The number of rotatable bonds is 7. The molecule has 1 fully saturated rings. The Bertz CT molecular complexity index is 1090. The lowest BCUT2D eigenvalue weighted by Crippen LogP contribution is -2.45. The van der Waals surface area contributed by atoms with Crippen LogP contribution >= 0.6 is 23.1 Å². The molecule has 0 radical (unpaired) electrons. The van der Waals surface area contributed by atoms with Gasteiger partial charge in [-0.1, -0.05) is 13.8 Å². The fraction of sp³-hybridized carbons (Fsp3) is 0.409. The van der Waals surface area contributed by atoms with Crippen LogP contribution in [0, 0.1) is 0 Å². The molecule has 1 aliphatic rings. The Labute approximate surface area is 202 Å². The van der Waals surface area contributed by atoms with E-state index in [0.29, 0.717) is 23.0 Å². The Morgan fingerprint density at radius 2 is 1.82 bits per heavy atom. The van der Waals surface area contributed by atoms with E-state index in [1.165, 1.54) is 23.6 Å². The van der Waals surface area contributed by atoms with Crippen LogP contribution in [0.4, 0.5) is 22.7 Å². The summed E-state index contributed by atoms with van der Waals surface area (Å²) in [5.74, 6) is 1.48. The highest BCUT2D eigenvalue weighted by Gasteiger charge is 2.19. The molecule has 11 heteroatoms. The third kappa shape index (κ3) is 6.40. The molecule has 0 spiro atoms. The van der Waals surface area contributed by atoms with E-state index in [2.05, 4.69) is 51.3 Å². The summed E-state index contributed by atoms with van der Waals surface area (Å²) >= 11 is 3.07. The van der Waals surface area contributed by atoms with Crippen molar-refractivity contribution in [3.8, 4) is 0 Å². The van der Waals surface area contributed by atoms with Gasteiger partial charge in [0.05, 0.1) is 0 Å². The summed E-state index contributed by atoms with van der Waals surface area (Å²) in [7, 11) is 2.12. The maximum atomic E-state index is 11.3. The molecule has 3 heterocycles. The van der Waals surface area contributed by atoms with Crippen molar-refractivity contribution in [3.05, 3.63) is 35.3 Å². The van der Waals surface area contributed by atoms with Crippen molar-refractivity contribution in [2.75, 3.05) is 48.8 Å². The van der Waals surface area contributed by atoms with Gasteiger partial charge in [-0.2, -0.15) is 15.0 Å². The van der Waals surface area contributed by atoms with Gasteiger partial charge in [0.2, 0.25) is 17.8 Å². The molecule has 9 nitrogen and oxygen atoms in total. The van der Waals surface area contributed by atoms with Crippen molar-refractivity contribution in [3.63, 3.8) is 0 Å². The van der Waals surface area contributed by atoms with Crippen LogP contribution in [-0.2, 0) is 4.79 Å². The van der Waals surface area contributed by atoms with Crippen LogP contribution in [-0.4, -0.2) is 64.0 Å². The number of benzene rings is 1. The van der Waals surface area contributed by atoms with E-state index in [4.69, 9.17) is 9.97 Å². The lowest BCUT2D eigenvalue weighted by Gasteiger charge is -2.32. The highest BCUT2D eigenvalue weighted by Crippen LogP contribution is 2.30. The quantitative estimate of drug-likeness (QED) is 0.514. The summed E-state index contributed by atoms with van der Waals surface area (Å²) in [4.78, 5) is 36.5. The number of anilines is 4. The predicted molar refractivity (Wildman–Crippen MR) is 134 cm³/mol. The molecule has 4 rings (SSSR count). The lowest BCUT2D eigenvalue weighted by atomic mass is 10.2. The number of amides is 1. The van der Waals surface area contributed by atoms with Crippen molar-refractivity contribution in [1.82, 2.24) is 24.8 Å². The summed E-state index contributed by atoms with van der Waals surface area (Å²) in [5, 5.41) is 7.43. The number of likely N-dealkylation sites (N-methyl/N-ethyl adjacent to an activating group) is 1. The number of nitrogens with one attached hydrogen (secondary N) is 2. The summed E-state index contributed by atoms with van der Waals surface area (Å²) < 4.78 is 0. The van der Waals surface area contributed by atoms with Gasteiger partial charge in [0, 0.05) is 54.8 Å². The molecule has 0 bridgehead atoms. The first-order valence-corrected chi connectivity index (χ1v) is 12.5. The van der Waals surface area contributed by atoms with Crippen LogP contribution in [0.15, 0.2) is 40.5 Å². The summed E-state index contributed by atoms with van der Waals surface area (Å²) in [6, 6.07) is 7.62. The van der Waals surface area contributed by atoms with Crippen molar-refractivity contribution in [1.29, 1.82) is 0 Å². The van der Waals surface area contributed by atoms with Crippen LogP contribution < -0.4 is 15.5 Å². The molecule has 0 aliphatic carbocycles. The average Bonchev–Trinajstić information content (AvgIpc) is 3.24. The van der Waals surface area contributed by atoms with E-state index in [1.807, 2.05) is 30.5 Å². The molecule has 3 aromatic rings. The fourth-order valence-corrected chi connectivity index (χ4v) is 4.77. The van der Waals surface area contributed by atoms with E-state index in [1.54, 1.807) is 11.3 Å². The molecule has 1 aromatic carbocycles. The van der Waals surface area contributed by atoms with Crippen LogP contribution in [0.25, 0.3) is 0 Å². The number of hydrogen-bond donors (Lipinski definition) is 2. The number of carbonyl (C=O) groups excluding carboxylic acids is 1. The van der Waals surface area contributed by atoms with Gasteiger partial charge in [-0.15, -0.1) is 11.3 Å². The Morgan fingerprint density at radius 1 is 1.09 bits per heavy atom. The SMILES string of the molecule is CC(=O)Nc1ccc(Sc2nc(Nc3ncc(C(C)C)s3)nc(N3CCN(C)CC3)n2)cc1. The van der Waals surface area contributed by atoms with Crippen LogP contribution in [0.1, 0.15) is 31.6 Å². The van der Waals surface area contributed by atoms with Crippen molar-refractivity contribution in [2.45, 2.75) is 36.7 Å². The predicted octanol–water partition coefficient (Wildman–Crippen LogP) is 4.06. The summed E-state index contributed by atoms with van der Waals surface area (Å²) in [6.45, 7) is 9.45. The fourth-order valence-electron chi connectivity index (χ4n) is 3.22. The molecule has 33 heavy (non-hydrogen) atoms. The lowest BCUT2D eigenvalue weighted by molar-refractivity contribution is -0.114. The molecule has 174 valence electrons. The zero-order valence-electron chi connectivity index (χ0n) is 19.2. The summed E-state index contributed by atoms with van der Waals surface area (Å²) in [5.41, 5.74) is 0.757. The van der Waals surface area contributed by atoms with E-state index in [-0.39, 0.29) is 5.91 Å². The molecule has 1 amide bonds. The van der Waals surface area contributed by atoms with Gasteiger partial charge in [-0.25, -0.2) is 4.98 Å². The Balaban J connectivity index is 1.58. The van der Waals surface area contributed by atoms with Crippen molar-refractivity contribution in [2.24, 2.45) is 0 Å². The number of nitrogens with zero attached hydrogens (tertiary/aromatic N) is 6. The van der Waals surface area contributed by atoms with Gasteiger partial charge in [-0.3, -0.25) is 10.1 Å². The van der Waals surface area contributed by atoms with Gasteiger partial charge in [0.1, 0.15) is 0 Å². The molecule has 0 unspecified atom stereocenters. The molecule has 2 aromatic heterocycles. The second-order valence-electron chi connectivity index (χ2n) is 8.19. The highest BCUT2D eigenvalue weighted by atomic mass is 32.2. The van der Waals surface area contributed by atoms with E-state index >= 15 is 0 Å². The first kappa shape index (κ1) is 23.4. The zero-order chi connectivity index (χ0) is 23.4. The number of piperazine rings is 1. The second-order valence-corrected chi connectivity index (χ2v) is 10.3. The van der Waals surface area contributed by atoms with Crippen LogP contribution in [0.2, 0.25) is 0 Å². The molecule has 1 saturated heterocycles. The van der Waals surface area contributed by atoms with Gasteiger partial charge in [0.25, 0.3) is 0 Å². The van der Waals surface area contributed by atoms with Gasteiger partial charge < -0.3 is 15.1 Å². The van der Waals surface area contributed by atoms with E-state index in [0.717, 1.165) is 41.9 Å². The average molecular weight is 485 g/mol. The van der Waals surface area contributed by atoms with Crippen molar-refractivity contribution < 1.29 is 4.79 Å². The van der Waals surface area contributed by atoms with Gasteiger partial charge >= 0.3 is 0 Å². The first-order chi connectivity index (χ1) is 15.9. The number of aromatic nitrogens is 4. The molecule has 0 atom stereocenters. The minimum atomic E-state index is -0.0942. The zero-order valence-corrected chi connectivity index (χ0v) is 20.8. The minimum absolute atomic E-state index is 0.0942. The minimum Gasteiger partial charge on any atom is -0.338 e. The topological polar surface area (TPSA) is 99.2 Å². The molecule has 2 N–H and O–H groups in total. The third-order valence-corrected chi connectivity index (χ3v) is 7.17. The number of hydrogen-bond acceptors (Lipinski definition) is 10. The third-order valence-electron chi connectivity index (χ3n) is 5.08.